The summed E-state index contributed by atoms with van der Waals surface area (Å²) in [7, 11) is 0. The number of allylic oxidation sites excluding steroid dienone is 2. The van der Waals surface area contributed by atoms with Crippen molar-refractivity contribution in [2.24, 2.45) is 11.1 Å². The minimum atomic E-state index is -4.51. The zero-order valence-electron chi connectivity index (χ0n) is 19.7. The molecule has 2 aromatic rings. The van der Waals surface area contributed by atoms with E-state index in [4.69, 9.17) is 5.73 Å². The number of hydrogen-bond acceptors (Lipinski definition) is 5. The van der Waals surface area contributed by atoms with E-state index < -0.39 is 17.7 Å². The SMILES string of the molecule is C=C/C(=C\c1sc(C(=O)N2CCC3(CCN(C(=O)n4ccc(C(N)=O)n4)CC3)C2)cc1C)C(F)(F)F. The number of aromatic nitrogens is 2. The molecule has 8 nitrogen and oxygen atoms in total. The predicted octanol–water partition coefficient (Wildman–Crippen LogP) is 4.08. The maximum absolute atomic E-state index is 13.2. The van der Waals surface area contributed by atoms with E-state index in [1.807, 2.05) is 0 Å². The van der Waals surface area contributed by atoms with Crippen molar-refractivity contribution in [2.75, 3.05) is 26.2 Å². The standard InChI is InChI=1S/C24H26F3N5O3S/c1-3-16(24(25,26)27)13-18-15(2)12-19(36-18)21(34)31-11-7-23(14-31)5-9-30(10-6-23)22(35)32-8-4-17(29-32)20(28)33/h3-4,8,12-13H,1,5-7,9-11,14H2,2H3,(H2,28,33)/b16-13+. The number of amides is 3. The smallest absolute Gasteiger partial charge is 0.364 e. The predicted molar refractivity (Wildman–Crippen MR) is 129 cm³/mol. The number of hydrogen-bond donors (Lipinski definition) is 1. The van der Waals surface area contributed by atoms with E-state index >= 15 is 0 Å². The fraction of sp³-hybridized carbons (Fsp3) is 0.417. The number of primary amides is 1. The van der Waals surface area contributed by atoms with Gasteiger partial charge in [0.05, 0.1) is 10.5 Å². The van der Waals surface area contributed by atoms with Gasteiger partial charge in [0.25, 0.3) is 11.8 Å². The molecule has 2 N–H and O–H groups in total. The molecule has 0 unspecified atom stereocenters. The van der Waals surface area contributed by atoms with Gasteiger partial charge in [-0.05, 0) is 55.4 Å². The van der Waals surface area contributed by atoms with Crippen LogP contribution in [0, 0.1) is 12.3 Å². The molecule has 0 aromatic carbocycles. The van der Waals surface area contributed by atoms with E-state index in [1.165, 1.54) is 12.3 Å². The highest BCUT2D eigenvalue weighted by molar-refractivity contribution is 7.15. The molecule has 192 valence electrons. The molecule has 4 heterocycles. The van der Waals surface area contributed by atoms with Gasteiger partial charge in [-0.1, -0.05) is 12.7 Å². The molecule has 0 saturated carbocycles. The summed E-state index contributed by atoms with van der Waals surface area (Å²) in [6, 6.07) is 2.68. The molecule has 1 spiro atoms. The van der Waals surface area contributed by atoms with Gasteiger partial charge >= 0.3 is 12.2 Å². The lowest BCUT2D eigenvalue weighted by atomic mass is 9.78. The van der Waals surface area contributed by atoms with Gasteiger partial charge in [-0.25, -0.2) is 4.79 Å². The second-order valence-electron chi connectivity index (χ2n) is 9.22. The molecule has 2 aliphatic rings. The van der Waals surface area contributed by atoms with Gasteiger partial charge in [-0.3, -0.25) is 9.59 Å². The van der Waals surface area contributed by atoms with Crippen LogP contribution in [0.15, 0.2) is 36.6 Å². The molecular weight excluding hydrogens is 495 g/mol. The Bertz CT molecular complexity index is 1240. The third-order valence-electron chi connectivity index (χ3n) is 6.86. The zero-order valence-corrected chi connectivity index (χ0v) is 20.5. The van der Waals surface area contributed by atoms with Crippen LogP contribution in [-0.4, -0.2) is 69.8 Å². The Morgan fingerprint density at radius 2 is 1.81 bits per heavy atom. The molecule has 0 atom stereocenters. The quantitative estimate of drug-likeness (QED) is 0.613. The number of nitrogens with zero attached hydrogens (tertiary/aromatic N) is 4. The average Bonchev–Trinajstić information content (AvgIpc) is 3.56. The van der Waals surface area contributed by atoms with E-state index in [9.17, 15) is 27.6 Å². The van der Waals surface area contributed by atoms with Crippen molar-refractivity contribution >= 4 is 35.3 Å². The Labute approximate surface area is 209 Å². The van der Waals surface area contributed by atoms with Crippen molar-refractivity contribution in [1.82, 2.24) is 19.6 Å². The van der Waals surface area contributed by atoms with Crippen LogP contribution in [0.2, 0.25) is 0 Å². The number of aryl methyl sites for hydroxylation is 1. The van der Waals surface area contributed by atoms with E-state index in [-0.39, 0.29) is 23.0 Å². The van der Waals surface area contributed by atoms with Crippen molar-refractivity contribution in [3.63, 3.8) is 0 Å². The first-order valence-corrected chi connectivity index (χ1v) is 12.2. The van der Waals surface area contributed by atoms with Crippen molar-refractivity contribution in [3.05, 3.63) is 57.6 Å². The van der Waals surface area contributed by atoms with Gasteiger partial charge in [0.15, 0.2) is 5.69 Å². The first kappa shape index (κ1) is 25.7. The normalized spacial score (nSPS) is 18.1. The summed E-state index contributed by atoms with van der Waals surface area (Å²) in [4.78, 5) is 41.3. The highest BCUT2D eigenvalue weighted by Crippen LogP contribution is 2.41. The van der Waals surface area contributed by atoms with E-state index in [0.29, 0.717) is 54.3 Å². The summed E-state index contributed by atoms with van der Waals surface area (Å²) in [5, 5.41) is 3.92. The van der Waals surface area contributed by atoms with Crippen molar-refractivity contribution in [1.29, 1.82) is 0 Å². The summed E-state index contributed by atoms with van der Waals surface area (Å²) in [5.74, 6) is -0.902. The summed E-state index contributed by atoms with van der Waals surface area (Å²) in [5.41, 5.74) is 4.85. The molecule has 2 aromatic heterocycles. The molecule has 0 aliphatic carbocycles. The van der Waals surface area contributed by atoms with Gasteiger partial charge in [-0.15, -0.1) is 11.3 Å². The summed E-state index contributed by atoms with van der Waals surface area (Å²) in [6.07, 6.45) is 0.888. The van der Waals surface area contributed by atoms with Gasteiger partial charge < -0.3 is 15.5 Å². The molecule has 36 heavy (non-hydrogen) atoms. The van der Waals surface area contributed by atoms with E-state index in [0.717, 1.165) is 34.6 Å². The third-order valence-corrected chi connectivity index (χ3v) is 8.03. The van der Waals surface area contributed by atoms with Crippen LogP contribution in [0.25, 0.3) is 6.08 Å². The lowest BCUT2D eigenvalue weighted by Crippen LogP contribution is -2.46. The van der Waals surface area contributed by atoms with Crippen LogP contribution in [-0.2, 0) is 0 Å². The van der Waals surface area contributed by atoms with Crippen molar-refractivity contribution < 1.29 is 27.6 Å². The monoisotopic (exact) mass is 521 g/mol. The molecule has 2 aliphatic heterocycles. The number of piperidine rings is 1. The van der Waals surface area contributed by atoms with Crippen LogP contribution in [0.1, 0.15) is 49.9 Å². The minimum absolute atomic E-state index is 0.0170. The second kappa shape index (κ2) is 9.57. The summed E-state index contributed by atoms with van der Waals surface area (Å²) >= 11 is 1.04. The highest BCUT2D eigenvalue weighted by atomic mass is 32.1. The van der Waals surface area contributed by atoms with Crippen molar-refractivity contribution in [3.8, 4) is 0 Å². The highest BCUT2D eigenvalue weighted by Gasteiger charge is 2.43. The molecule has 4 rings (SSSR count). The van der Waals surface area contributed by atoms with Gasteiger partial charge in [0, 0.05) is 37.3 Å². The van der Waals surface area contributed by atoms with Gasteiger partial charge in [-0.2, -0.15) is 23.0 Å². The van der Waals surface area contributed by atoms with Crippen LogP contribution < -0.4 is 5.73 Å². The third kappa shape index (κ3) is 5.08. The summed E-state index contributed by atoms with van der Waals surface area (Å²) in [6.45, 7) is 6.98. The minimum Gasteiger partial charge on any atom is -0.364 e. The number of carbonyl (C=O) groups is 3. The first-order valence-electron chi connectivity index (χ1n) is 11.4. The average molecular weight is 522 g/mol. The molecule has 2 saturated heterocycles. The lowest BCUT2D eigenvalue weighted by Gasteiger charge is -2.38. The number of nitrogens with two attached hydrogens (primary N) is 1. The number of thiophene rings is 1. The number of rotatable bonds is 4. The summed E-state index contributed by atoms with van der Waals surface area (Å²) < 4.78 is 40.4. The Kier molecular flexibility index (Phi) is 6.82. The number of halogens is 3. The second-order valence-corrected chi connectivity index (χ2v) is 10.3. The lowest BCUT2D eigenvalue weighted by molar-refractivity contribution is -0.0872. The number of carbonyl (C=O) groups excluding carboxylic acids is 3. The van der Waals surface area contributed by atoms with Gasteiger partial charge in [0.1, 0.15) is 0 Å². The van der Waals surface area contributed by atoms with Crippen LogP contribution in [0.5, 0.6) is 0 Å². The fourth-order valence-electron chi connectivity index (χ4n) is 4.69. The molecule has 3 amide bonds. The first-order chi connectivity index (χ1) is 16.9. The number of alkyl halides is 3. The largest absolute Gasteiger partial charge is 0.416 e. The Balaban J connectivity index is 1.39. The molecule has 12 heteroatoms. The molecule has 0 radical (unpaired) electrons. The Morgan fingerprint density at radius 3 is 2.36 bits per heavy atom. The van der Waals surface area contributed by atoms with Gasteiger partial charge in [0.2, 0.25) is 0 Å². The van der Waals surface area contributed by atoms with Crippen LogP contribution in [0.4, 0.5) is 18.0 Å². The molecule has 0 bridgehead atoms. The molecule has 2 fully saturated rings. The maximum Gasteiger partial charge on any atom is 0.416 e. The van der Waals surface area contributed by atoms with Crippen LogP contribution in [0.3, 0.4) is 0 Å². The fourth-order valence-corrected chi connectivity index (χ4v) is 5.79. The number of likely N-dealkylation sites (tertiary alicyclic amines) is 2. The Hall–Kier alpha value is -3.41. The molecular formula is C24H26F3N5O3S. The topological polar surface area (TPSA) is 102 Å². The Morgan fingerprint density at radius 1 is 1.17 bits per heavy atom. The van der Waals surface area contributed by atoms with Crippen LogP contribution >= 0.6 is 11.3 Å². The van der Waals surface area contributed by atoms with E-state index in [1.54, 1.807) is 22.8 Å². The zero-order chi connectivity index (χ0) is 26.3. The van der Waals surface area contributed by atoms with Crippen molar-refractivity contribution in [2.45, 2.75) is 32.4 Å². The maximum atomic E-state index is 13.2. The van der Waals surface area contributed by atoms with E-state index in [2.05, 4.69) is 11.7 Å².